The normalized spacial score (nSPS) is 21.7. The van der Waals surface area contributed by atoms with Crippen LogP contribution in [0.25, 0.3) is 0 Å². The van der Waals surface area contributed by atoms with Crippen LogP contribution in [-0.2, 0) is 14.3 Å². The highest BCUT2D eigenvalue weighted by molar-refractivity contribution is 6.03. The average molecular weight is 306 g/mol. The van der Waals surface area contributed by atoms with Crippen molar-refractivity contribution in [1.29, 1.82) is 0 Å². The number of ether oxygens (including phenoxy) is 2. The van der Waals surface area contributed by atoms with Crippen LogP contribution in [0.2, 0.25) is 0 Å². The van der Waals surface area contributed by atoms with E-state index in [2.05, 4.69) is 0 Å². The predicted octanol–water partition coefficient (Wildman–Crippen LogP) is 2.27. The van der Waals surface area contributed by atoms with Gasteiger partial charge in [-0.05, 0) is 18.6 Å². The topological polar surface area (TPSA) is 89.9 Å². The zero-order valence-corrected chi connectivity index (χ0v) is 12.3. The molecule has 2 atom stereocenters. The van der Waals surface area contributed by atoms with Gasteiger partial charge in [-0.25, -0.2) is 14.4 Å². The first-order valence-electron chi connectivity index (χ1n) is 7.24. The van der Waals surface area contributed by atoms with E-state index in [4.69, 9.17) is 9.47 Å². The van der Waals surface area contributed by atoms with Crippen LogP contribution in [0.3, 0.4) is 0 Å². The molecular weight excluding hydrogens is 288 g/mol. The first-order chi connectivity index (χ1) is 10.5. The number of aliphatic carboxylic acids is 1. The molecule has 1 N–H and O–H groups in total. The second kappa shape index (κ2) is 7.06. The zero-order valence-electron chi connectivity index (χ0n) is 12.3. The Hall–Kier alpha value is -2.37. The van der Waals surface area contributed by atoms with Crippen molar-refractivity contribution in [2.24, 2.45) is 5.92 Å². The molecule has 22 heavy (non-hydrogen) atoms. The van der Waals surface area contributed by atoms with Gasteiger partial charge in [-0.1, -0.05) is 31.9 Å². The molecule has 0 aromatic heterocycles. The molecule has 2 unspecified atom stereocenters. The van der Waals surface area contributed by atoms with Gasteiger partial charge in [0, 0.05) is 5.92 Å². The molecule has 1 aliphatic heterocycles. The molecule has 0 saturated heterocycles. The van der Waals surface area contributed by atoms with Crippen LogP contribution in [-0.4, -0.2) is 35.7 Å². The summed E-state index contributed by atoms with van der Waals surface area (Å²) in [5.41, 5.74) is 0.114. The van der Waals surface area contributed by atoms with E-state index in [-0.39, 0.29) is 17.7 Å². The van der Waals surface area contributed by atoms with Crippen molar-refractivity contribution in [2.75, 3.05) is 6.61 Å². The molecule has 0 radical (unpaired) electrons. The lowest BCUT2D eigenvalue weighted by Crippen LogP contribution is -2.36. The van der Waals surface area contributed by atoms with Gasteiger partial charge in [0.05, 0.1) is 17.7 Å². The number of fused-ring (bicyclic) bond motifs is 1. The summed E-state index contributed by atoms with van der Waals surface area (Å²) < 4.78 is 10.3. The van der Waals surface area contributed by atoms with E-state index >= 15 is 0 Å². The van der Waals surface area contributed by atoms with Crippen LogP contribution in [0.4, 0.5) is 0 Å². The summed E-state index contributed by atoms with van der Waals surface area (Å²) in [5.74, 6) is -3.24. The van der Waals surface area contributed by atoms with Crippen LogP contribution >= 0.6 is 0 Å². The van der Waals surface area contributed by atoms with Gasteiger partial charge in [-0.2, -0.15) is 0 Å². The maximum absolute atomic E-state index is 12.2. The second-order valence-corrected chi connectivity index (χ2v) is 5.21. The van der Waals surface area contributed by atoms with Crippen molar-refractivity contribution in [3.05, 3.63) is 35.4 Å². The third-order valence-electron chi connectivity index (χ3n) is 3.63. The predicted molar refractivity (Wildman–Crippen MR) is 76.6 cm³/mol. The van der Waals surface area contributed by atoms with Crippen molar-refractivity contribution in [1.82, 2.24) is 0 Å². The summed E-state index contributed by atoms with van der Waals surface area (Å²) in [7, 11) is 0. The summed E-state index contributed by atoms with van der Waals surface area (Å²) in [6.45, 7) is 1.89. The van der Waals surface area contributed by atoms with E-state index in [1.54, 1.807) is 12.1 Å². The van der Waals surface area contributed by atoms with Gasteiger partial charge in [0.25, 0.3) is 0 Å². The molecule has 0 bridgehead atoms. The molecule has 0 amide bonds. The van der Waals surface area contributed by atoms with Crippen molar-refractivity contribution >= 4 is 17.9 Å². The van der Waals surface area contributed by atoms with E-state index in [1.807, 2.05) is 6.92 Å². The van der Waals surface area contributed by atoms with Crippen LogP contribution in [0.1, 0.15) is 46.9 Å². The van der Waals surface area contributed by atoms with E-state index < -0.39 is 29.9 Å². The number of carboxylic acids is 1. The third-order valence-corrected chi connectivity index (χ3v) is 3.63. The number of hydrogen-bond donors (Lipinski definition) is 1. The number of carbonyl (C=O) groups excluding carboxylic acids is 2. The van der Waals surface area contributed by atoms with Crippen LogP contribution < -0.4 is 0 Å². The van der Waals surface area contributed by atoms with Gasteiger partial charge in [-0.15, -0.1) is 0 Å². The van der Waals surface area contributed by atoms with Gasteiger partial charge in [0.1, 0.15) is 0 Å². The molecular formula is C16H18O6. The smallest absolute Gasteiger partial charge is 0.345 e. The summed E-state index contributed by atoms with van der Waals surface area (Å²) in [5, 5.41) is 9.33. The fourth-order valence-corrected chi connectivity index (χ4v) is 2.42. The van der Waals surface area contributed by atoms with E-state index in [9.17, 15) is 19.5 Å². The lowest BCUT2D eigenvalue weighted by Gasteiger charge is -2.22. The first-order valence-corrected chi connectivity index (χ1v) is 7.24. The molecule has 0 aliphatic carbocycles. The number of hydrogen-bond acceptors (Lipinski definition) is 5. The number of benzene rings is 1. The highest BCUT2D eigenvalue weighted by Gasteiger charge is 2.35. The molecule has 0 fully saturated rings. The molecule has 0 saturated carbocycles. The number of rotatable bonds is 4. The third kappa shape index (κ3) is 3.44. The van der Waals surface area contributed by atoms with Gasteiger partial charge >= 0.3 is 17.9 Å². The number of cyclic esters (lactones) is 2. The SMILES string of the molecule is CCCCC1COC(=O)c2ccccc2C(=O)OC1C(=O)O. The Labute approximate surface area is 128 Å². The Morgan fingerprint density at radius 1 is 1.23 bits per heavy atom. The maximum atomic E-state index is 12.2. The highest BCUT2D eigenvalue weighted by atomic mass is 16.6. The van der Waals surface area contributed by atoms with Crippen molar-refractivity contribution in [3.8, 4) is 0 Å². The van der Waals surface area contributed by atoms with Crippen molar-refractivity contribution in [3.63, 3.8) is 0 Å². The number of esters is 2. The van der Waals surface area contributed by atoms with Gasteiger partial charge < -0.3 is 14.6 Å². The van der Waals surface area contributed by atoms with Crippen LogP contribution in [0.5, 0.6) is 0 Å². The Morgan fingerprint density at radius 2 is 1.86 bits per heavy atom. The van der Waals surface area contributed by atoms with E-state index in [0.717, 1.165) is 12.8 Å². The second-order valence-electron chi connectivity index (χ2n) is 5.21. The fraction of sp³-hybridized carbons (Fsp3) is 0.438. The van der Waals surface area contributed by atoms with Gasteiger partial charge in [0.15, 0.2) is 0 Å². The van der Waals surface area contributed by atoms with Crippen molar-refractivity contribution in [2.45, 2.75) is 32.3 Å². The highest BCUT2D eigenvalue weighted by Crippen LogP contribution is 2.23. The first kappa shape index (κ1) is 16.0. The summed E-state index contributed by atoms with van der Waals surface area (Å²) in [6.07, 6.45) is 0.809. The molecule has 0 spiro atoms. The largest absolute Gasteiger partial charge is 0.478 e. The maximum Gasteiger partial charge on any atom is 0.345 e. The Bertz CT molecular complexity index is 580. The molecule has 6 heteroatoms. The van der Waals surface area contributed by atoms with Gasteiger partial charge in [0.2, 0.25) is 6.10 Å². The minimum absolute atomic E-state index is 0.0230. The van der Waals surface area contributed by atoms with E-state index in [0.29, 0.717) is 6.42 Å². The number of carbonyl (C=O) groups is 3. The minimum atomic E-state index is -1.32. The summed E-state index contributed by atoms with van der Waals surface area (Å²) in [4.78, 5) is 35.7. The molecule has 1 aromatic rings. The Balaban J connectivity index is 2.35. The molecule has 2 rings (SSSR count). The zero-order chi connectivity index (χ0) is 16.1. The number of unbranched alkanes of at least 4 members (excludes halogenated alkanes) is 1. The molecule has 6 nitrogen and oxygen atoms in total. The quantitative estimate of drug-likeness (QED) is 0.858. The monoisotopic (exact) mass is 306 g/mol. The molecule has 1 aliphatic rings. The number of carboxylic acid groups (broad SMARTS) is 1. The van der Waals surface area contributed by atoms with Crippen molar-refractivity contribution < 1.29 is 29.0 Å². The summed E-state index contributed by atoms with van der Waals surface area (Å²) >= 11 is 0. The fourth-order valence-electron chi connectivity index (χ4n) is 2.42. The van der Waals surface area contributed by atoms with Crippen LogP contribution in [0, 0.1) is 5.92 Å². The molecule has 118 valence electrons. The Morgan fingerprint density at radius 3 is 2.45 bits per heavy atom. The lowest BCUT2D eigenvalue weighted by atomic mass is 9.96. The molecule has 1 heterocycles. The summed E-state index contributed by atoms with van der Waals surface area (Å²) in [6, 6.07) is 6.06. The minimum Gasteiger partial charge on any atom is -0.478 e. The molecule has 1 aromatic carbocycles. The van der Waals surface area contributed by atoms with Crippen LogP contribution in [0.15, 0.2) is 24.3 Å². The standard InChI is InChI=1S/C16H18O6/c1-2-3-6-10-9-21-15(19)11-7-4-5-8-12(11)16(20)22-13(10)14(17)18/h4-5,7-8,10,13H,2-3,6,9H2,1H3,(H,17,18). The van der Waals surface area contributed by atoms with E-state index in [1.165, 1.54) is 12.1 Å². The average Bonchev–Trinajstić information content (AvgIpc) is 2.56. The van der Waals surface area contributed by atoms with Gasteiger partial charge in [-0.3, -0.25) is 0 Å². The Kier molecular flexibility index (Phi) is 5.14. The lowest BCUT2D eigenvalue weighted by molar-refractivity contribution is -0.151.